The lowest BCUT2D eigenvalue weighted by Crippen LogP contribution is -2.14. The van der Waals surface area contributed by atoms with E-state index in [-0.39, 0.29) is 6.42 Å². The third kappa shape index (κ3) is 3.23. The Morgan fingerprint density at radius 1 is 1.65 bits per heavy atom. The molecule has 0 aliphatic carbocycles. The number of rotatable bonds is 4. The van der Waals surface area contributed by atoms with Gasteiger partial charge in [-0.3, -0.25) is 4.79 Å². The van der Waals surface area contributed by atoms with Crippen molar-refractivity contribution in [1.82, 2.24) is 14.9 Å². The summed E-state index contributed by atoms with van der Waals surface area (Å²) in [5, 5.41) is 8.63. The van der Waals surface area contributed by atoms with Crippen molar-refractivity contribution in [2.24, 2.45) is 0 Å². The number of nitrogens with zero attached hydrogens (tertiary/aromatic N) is 3. The summed E-state index contributed by atoms with van der Waals surface area (Å²) in [5.74, 6) is 0.297. The van der Waals surface area contributed by atoms with Gasteiger partial charge in [-0.1, -0.05) is 0 Å². The van der Waals surface area contributed by atoms with Crippen LogP contribution >= 0.6 is 0 Å². The highest BCUT2D eigenvalue weighted by Crippen LogP contribution is 2.24. The van der Waals surface area contributed by atoms with Crippen molar-refractivity contribution in [3.63, 3.8) is 0 Å². The molecule has 17 heavy (non-hydrogen) atoms. The molecule has 5 nitrogen and oxygen atoms in total. The minimum atomic E-state index is -0.806. The van der Waals surface area contributed by atoms with E-state index in [9.17, 15) is 4.79 Å². The van der Waals surface area contributed by atoms with Crippen LogP contribution in [0.15, 0.2) is 12.3 Å². The first-order valence-electron chi connectivity index (χ1n) is 5.87. The number of aliphatic carboxylic acids is 1. The largest absolute Gasteiger partial charge is 0.481 e. The molecule has 92 valence electrons. The van der Waals surface area contributed by atoms with Crippen LogP contribution in [0.5, 0.6) is 0 Å². The van der Waals surface area contributed by atoms with Crippen LogP contribution in [0.3, 0.4) is 0 Å². The summed E-state index contributed by atoms with van der Waals surface area (Å²) in [6.45, 7) is 2.12. The SMILES string of the molecule is CN1CCC(c2ccnc(CCC(=O)O)n2)C1. The van der Waals surface area contributed by atoms with Crippen molar-refractivity contribution in [3.05, 3.63) is 23.8 Å². The van der Waals surface area contributed by atoms with Crippen molar-refractivity contribution >= 4 is 5.97 Å². The molecular formula is C12H17N3O2. The highest BCUT2D eigenvalue weighted by molar-refractivity contribution is 5.66. The third-order valence-electron chi connectivity index (χ3n) is 3.10. The number of likely N-dealkylation sites (tertiary alicyclic amines) is 1. The van der Waals surface area contributed by atoms with Gasteiger partial charge in [0.2, 0.25) is 0 Å². The van der Waals surface area contributed by atoms with Crippen LogP contribution < -0.4 is 0 Å². The number of aromatic nitrogens is 2. The van der Waals surface area contributed by atoms with E-state index in [0.29, 0.717) is 18.2 Å². The first-order valence-corrected chi connectivity index (χ1v) is 5.87. The Balaban J connectivity index is 2.03. The lowest BCUT2D eigenvalue weighted by Gasteiger charge is -2.10. The van der Waals surface area contributed by atoms with Crippen molar-refractivity contribution < 1.29 is 9.90 Å². The predicted octanol–water partition coefficient (Wildman–Crippen LogP) is 0.913. The fraction of sp³-hybridized carbons (Fsp3) is 0.583. The lowest BCUT2D eigenvalue weighted by molar-refractivity contribution is -0.137. The van der Waals surface area contributed by atoms with Gasteiger partial charge in [-0.25, -0.2) is 9.97 Å². The first-order chi connectivity index (χ1) is 8.15. The van der Waals surface area contributed by atoms with Gasteiger partial charge in [0, 0.05) is 30.8 Å². The molecule has 0 saturated carbocycles. The molecule has 0 radical (unpaired) electrons. The average Bonchev–Trinajstić information content (AvgIpc) is 2.74. The zero-order chi connectivity index (χ0) is 12.3. The van der Waals surface area contributed by atoms with Crippen molar-refractivity contribution in [1.29, 1.82) is 0 Å². The number of hydrogen-bond acceptors (Lipinski definition) is 4. The van der Waals surface area contributed by atoms with Crippen LogP contribution in [0.25, 0.3) is 0 Å². The van der Waals surface area contributed by atoms with Gasteiger partial charge in [-0.15, -0.1) is 0 Å². The number of likely N-dealkylation sites (N-methyl/N-ethyl adjacent to an activating group) is 1. The predicted molar refractivity (Wildman–Crippen MR) is 62.8 cm³/mol. The smallest absolute Gasteiger partial charge is 0.303 e. The normalized spacial score (nSPS) is 20.6. The Labute approximate surface area is 100 Å². The number of carbonyl (C=O) groups is 1. The molecule has 1 N–H and O–H groups in total. The molecule has 1 aromatic rings. The van der Waals surface area contributed by atoms with Crippen LogP contribution in [-0.4, -0.2) is 46.1 Å². The van der Waals surface area contributed by atoms with Crippen molar-refractivity contribution in [2.45, 2.75) is 25.2 Å². The molecule has 0 spiro atoms. The van der Waals surface area contributed by atoms with E-state index in [0.717, 1.165) is 25.2 Å². The second kappa shape index (κ2) is 5.23. The molecule has 0 amide bonds. The van der Waals surface area contributed by atoms with Gasteiger partial charge in [-0.2, -0.15) is 0 Å². The van der Waals surface area contributed by atoms with E-state index in [1.807, 2.05) is 6.07 Å². The molecule has 1 fully saturated rings. The maximum Gasteiger partial charge on any atom is 0.303 e. The Morgan fingerprint density at radius 2 is 2.47 bits per heavy atom. The van der Waals surface area contributed by atoms with Gasteiger partial charge in [-0.05, 0) is 26.1 Å². The molecule has 5 heteroatoms. The summed E-state index contributed by atoms with van der Waals surface area (Å²) < 4.78 is 0. The topological polar surface area (TPSA) is 66.3 Å². The highest BCUT2D eigenvalue weighted by atomic mass is 16.4. The molecule has 0 aromatic carbocycles. The van der Waals surface area contributed by atoms with Gasteiger partial charge < -0.3 is 10.0 Å². The zero-order valence-corrected chi connectivity index (χ0v) is 9.96. The van der Waals surface area contributed by atoms with E-state index >= 15 is 0 Å². The summed E-state index contributed by atoms with van der Waals surface area (Å²) in [4.78, 5) is 21.3. The van der Waals surface area contributed by atoms with Gasteiger partial charge in [0.15, 0.2) is 0 Å². The van der Waals surface area contributed by atoms with Crippen molar-refractivity contribution in [3.8, 4) is 0 Å². The molecule has 1 unspecified atom stereocenters. The fourth-order valence-corrected chi connectivity index (χ4v) is 2.16. The van der Waals surface area contributed by atoms with Gasteiger partial charge in [0.25, 0.3) is 0 Å². The Hall–Kier alpha value is -1.49. The lowest BCUT2D eigenvalue weighted by atomic mass is 10.0. The summed E-state index contributed by atoms with van der Waals surface area (Å²) in [6.07, 6.45) is 3.35. The second-order valence-corrected chi connectivity index (χ2v) is 4.54. The molecule has 1 aliphatic heterocycles. The first kappa shape index (κ1) is 12.0. The molecule has 1 atom stereocenters. The molecule has 1 aliphatic rings. The minimum Gasteiger partial charge on any atom is -0.481 e. The van der Waals surface area contributed by atoms with Crippen LogP contribution in [0.2, 0.25) is 0 Å². The summed E-state index contributed by atoms with van der Waals surface area (Å²) >= 11 is 0. The van der Waals surface area contributed by atoms with Crippen LogP contribution in [0, 0.1) is 0 Å². The van der Waals surface area contributed by atoms with Crippen LogP contribution in [0.1, 0.15) is 30.3 Å². The zero-order valence-electron chi connectivity index (χ0n) is 9.96. The fourth-order valence-electron chi connectivity index (χ4n) is 2.16. The Kier molecular flexibility index (Phi) is 3.68. The monoisotopic (exact) mass is 235 g/mol. The van der Waals surface area contributed by atoms with Gasteiger partial charge in [0.1, 0.15) is 5.82 Å². The van der Waals surface area contributed by atoms with Crippen molar-refractivity contribution in [2.75, 3.05) is 20.1 Å². The van der Waals surface area contributed by atoms with Crippen LogP contribution in [-0.2, 0) is 11.2 Å². The quantitative estimate of drug-likeness (QED) is 0.840. The second-order valence-electron chi connectivity index (χ2n) is 4.54. The number of carboxylic acid groups (broad SMARTS) is 1. The highest BCUT2D eigenvalue weighted by Gasteiger charge is 2.22. The molecule has 0 bridgehead atoms. The molecule has 1 aromatic heterocycles. The summed E-state index contributed by atoms with van der Waals surface area (Å²) in [6, 6.07) is 1.94. The number of carboxylic acids is 1. The summed E-state index contributed by atoms with van der Waals surface area (Å²) in [7, 11) is 2.10. The van der Waals surface area contributed by atoms with E-state index in [2.05, 4.69) is 21.9 Å². The maximum atomic E-state index is 10.5. The summed E-state index contributed by atoms with van der Waals surface area (Å²) in [5.41, 5.74) is 1.05. The molecule has 1 saturated heterocycles. The third-order valence-corrected chi connectivity index (χ3v) is 3.10. The van der Waals surface area contributed by atoms with E-state index in [1.165, 1.54) is 0 Å². The number of hydrogen-bond donors (Lipinski definition) is 1. The molecule has 2 rings (SSSR count). The molecular weight excluding hydrogens is 218 g/mol. The van der Waals surface area contributed by atoms with Gasteiger partial charge in [0.05, 0.1) is 6.42 Å². The molecule has 2 heterocycles. The van der Waals surface area contributed by atoms with E-state index < -0.39 is 5.97 Å². The Morgan fingerprint density at radius 3 is 3.12 bits per heavy atom. The van der Waals surface area contributed by atoms with E-state index in [1.54, 1.807) is 6.20 Å². The minimum absolute atomic E-state index is 0.0913. The number of aryl methyl sites for hydroxylation is 1. The standard InChI is InChI=1S/C12H17N3O2/c1-15-7-5-9(8-15)10-4-6-13-11(14-10)2-3-12(16)17/h4,6,9H,2-3,5,7-8H2,1H3,(H,16,17). The van der Waals surface area contributed by atoms with Crippen LogP contribution in [0.4, 0.5) is 0 Å². The van der Waals surface area contributed by atoms with E-state index in [4.69, 9.17) is 5.11 Å². The Bertz CT molecular complexity index is 408. The maximum absolute atomic E-state index is 10.5. The van der Waals surface area contributed by atoms with Gasteiger partial charge >= 0.3 is 5.97 Å². The average molecular weight is 235 g/mol.